The van der Waals surface area contributed by atoms with Gasteiger partial charge in [0.05, 0.1) is 12.3 Å². The highest BCUT2D eigenvalue weighted by atomic mass is 32.1. The van der Waals surface area contributed by atoms with Gasteiger partial charge in [0.15, 0.2) is 11.6 Å². The van der Waals surface area contributed by atoms with Gasteiger partial charge in [-0.2, -0.15) is 0 Å². The summed E-state index contributed by atoms with van der Waals surface area (Å²) in [4.78, 5) is -0.165. The van der Waals surface area contributed by atoms with E-state index in [1.807, 2.05) is 6.92 Å². The molecule has 0 heterocycles. The summed E-state index contributed by atoms with van der Waals surface area (Å²) in [5.74, 6) is -2.01. The molecule has 0 bridgehead atoms. The van der Waals surface area contributed by atoms with E-state index >= 15 is 0 Å². The molecule has 0 saturated heterocycles. The Morgan fingerprint density at radius 3 is 2.71 bits per heavy atom. The second-order valence-electron chi connectivity index (χ2n) is 3.28. The molecule has 0 spiro atoms. The number of thiocarbonyl (C=S) groups is 1. The van der Waals surface area contributed by atoms with Gasteiger partial charge < -0.3 is 15.8 Å². The van der Waals surface area contributed by atoms with Gasteiger partial charge in [0.25, 0.3) is 0 Å². The molecule has 1 aromatic rings. The molecular formula is C11H14F2N2OS. The minimum Gasteiger partial charge on any atom is -0.389 e. The molecule has 0 aliphatic heterocycles. The number of halogens is 2. The van der Waals surface area contributed by atoms with E-state index < -0.39 is 11.6 Å². The van der Waals surface area contributed by atoms with Crippen LogP contribution in [0.4, 0.5) is 14.5 Å². The Hall–Kier alpha value is -1.27. The number of nitrogens with two attached hydrogens (primary N) is 1. The van der Waals surface area contributed by atoms with Crippen LogP contribution in [0.3, 0.4) is 0 Å². The third-order valence-electron chi connectivity index (χ3n) is 2.11. The number of rotatable bonds is 6. The van der Waals surface area contributed by atoms with Crippen LogP contribution in [0.25, 0.3) is 0 Å². The van der Waals surface area contributed by atoms with Crippen LogP contribution in [0.2, 0.25) is 0 Å². The van der Waals surface area contributed by atoms with Crippen LogP contribution in [-0.4, -0.2) is 24.7 Å². The number of hydrogen-bond donors (Lipinski definition) is 2. The molecule has 0 atom stereocenters. The van der Waals surface area contributed by atoms with Crippen molar-refractivity contribution in [3.05, 3.63) is 29.3 Å². The Morgan fingerprint density at radius 2 is 2.12 bits per heavy atom. The van der Waals surface area contributed by atoms with Crippen LogP contribution >= 0.6 is 12.2 Å². The largest absolute Gasteiger partial charge is 0.389 e. The Balaban J connectivity index is 2.75. The number of hydrogen-bond acceptors (Lipinski definition) is 3. The summed E-state index contributed by atoms with van der Waals surface area (Å²) in [5.41, 5.74) is 5.24. The van der Waals surface area contributed by atoms with Gasteiger partial charge in [-0.25, -0.2) is 8.78 Å². The van der Waals surface area contributed by atoms with E-state index in [4.69, 9.17) is 10.5 Å². The second kappa shape index (κ2) is 6.46. The fraction of sp³-hybridized carbons (Fsp3) is 0.364. The quantitative estimate of drug-likeness (QED) is 0.607. The van der Waals surface area contributed by atoms with E-state index in [0.717, 1.165) is 0 Å². The topological polar surface area (TPSA) is 47.3 Å². The van der Waals surface area contributed by atoms with Crippen molar-refractivity contribution in [2.75, 3.05) is 25.1 Å². The average molecular weight is 260 g/mol. The number of ether oxygens (including phenoxy) is 1. The first-order valence-corrected chi connectivity index (χ1v) is 5.58. The van der Waals surface area contributed by atoms with Crippen LogP contribution in [0, 0.1) is 11.6 Å². The lowest BCUT2D eigenvalue weighted by molar-refractivity contribution is 0.158. The molecule has 0 amide bonds. The first-order chi connectivity index (χ1) is 8.07. The maximum Gasteiger partial charge on any atom is 0.182 e. The minimum atomic E-state index is -1.03. The van der Waals surface area contributed by atoms with Crippen molar-refractivity contribution >= 4 is 22.9 Å². The van der Waals surface area contributed by atoms with Gasteiger partial charge in [-0.3, -0.25) is 0 Å². The summed E-state index contributed by atoms with van der Waals surface area (Å²) in [6, 6.07) is 2.75. The zero-order valence-electron chi connectivity index (χ0n) is 9.43. The molecule has 6 heteroatoms. The highest BCUT2D eigenvalue weighted by molar-refractivity contribution is 7.80. The minimum absolute atomic E-state index is 0.0715. The molecule has 0 fully saturated rings. The Bertz CT molecular complexity index is 413. The van der Waals surface area contributed by atoms with E-state index in [1.165, 1.54) is 12.1 Å². The molecule has 0 aromatic heterocycles. The third kappa shape index (κ3) is 3.61. The van der Waals surface area contributed by atoms with Crippen LogP contribution < -0.4 is 11.1 Å². The maximum atomic E-state index is 13.5. The zero-order valence-corrected chi connectivity index (χ0v) is 10.2. The molecule has 17 heavy (non-hydrogen) atoms. The summed E-state index contributed by atoms with van der Waals surface area (Å²) in [6.07, 6.45) is 0. The Labute approximate surface area is 104 Å². The van der Waals surface area contributed by atoms with Crippen molar-refractivity contribution in [1.82, 2.24) is 0 Å². The highest BCUT2D eigenvalue weighted by Gasteiger charge is 2.14. The smallest absolute Gasteiger partial charge is 0.182 e. The monoisotopic (exact) mass is 260 g/mol. The molecule has 94 valence electrons. The van der Waals surface area contributed by atoms with Gasteiger partial charge in [-0.1, -0.05) is 12.2 Å². The number of nitrogens with one attached hydrogen (secondary N) is 1. The lowest BCUT2D eigenvalue weighted by Gasteiger charge is -2.10. The van der Waals surface area contributed by atoms with Gasteiger partial charge in [0.1, 0.15) is 4.99 Å². The van der Waals surface area contributed by atoms with Crippen molar-refractivity contribution in [2.45, 2.75) is 6.92 Å². The molecule has 0 unspecified atom stereocenters. The van der Waals surface area contributed by atoms with Crippen molar-refractivity contribution in [3.8, 4) is 0 Å². The van der Waals surface area contributed by atoms with Crippen LogP contribution in [0.15, 0.2) is 12.1 Å². The Kier molecular flexibility index (Phi) is 5.24. The highest BCUT2D eigenvalue weighted by Crippen LogP contribution is 2.20. The van der Waals surface area contributed by atoms with Crippen molar-refractivity contribution < 1.29 is 13.5 Å². The summed E-state index contributed by atoms with van der Waals surface area (Å²) in [6.45, 7) is 3.27. The summed E-state index contributed by atoms with van der Waals surface area (Å²) >= 11 is 4.61. The van der Waals surface area contributed by atoms with Crippen LogP contribution in [0.5, 0.6) is 0 Å². The summed E-state index contributed by atoms with van der Waals surface area (Å²) < 4.78 is 32.1. The van der Waals surface area contributed by atoms with Gasteiger partial charge in [-0.05, 0) is 19.1 Å². The maximum absolute atomic E-state index is 13.5. The standard InChI is InChI=1S/C11H14F2N2OS/c1-2-16-6-5-15-8-4-3-7(11(14)17)9(12)10(8)13/h3-4,15H,2,5-6H2,1H3,(H2,14,17). The first kappa shape index (κ1) is 13.8. The number of benzene rings is 1. The lowest BCUT2D eigenvalue weighted by Crippen LogP contribution is -2.15. The molecule has 1 rings (SSSR count). The van der Waals surface area contributed by atoms with Crippen LogP contribution in [-0.2, 0) is 4.74 Å². The van der Waals surface area contributed by atoms with Crippen LogP contribution in [0.1, 0.15) is 12.5 Å². The van der Waals surface area contributed by atoms with E-state index in [1.54, 1.807) is 0 Å². The third-order valence-corrected chi connectivity index (χ3v) is 2.33. The lowest BCUT2D eigenvalue weighted by atomic mass is 10.2. The molecule has 1 aromatic carbocycles. The van der Waals surface area contributed by atoms with E-state index in [-0.39, 0.29) is 16.2 Å². The van der Waals surface area contributed by atoms with E-state index in [9.17, 15) is 8.78 Å². The zero-order chi connectivity index (χ0) is 12.8. The van der Waals surface area contributed by atoms with Gasteiger partial charge in [0, 0.05) is 18.7 Å². The predicted octanol–water partition coefficient (Wildman–Crippen LogP) is 2.05. The van der Waals surface area contributed by atoms with Gasteiger partial charge >= 0.3 is 0 Å². The van der Waals surface area contributed by atoms with Crippen molar-refractivity contribution in [3.63, 3.8) is 0 Å². The van der Waals surface area contributed by atoms with Crippen molar-refractivity contribution in [2.24, 2.45) is 5.73 Å². The molecule has 0 radical (unpaired) electrons. The SMILES string of the molecule is CCOCCNc1ccc(C(N)=S)c(F)c1F. The molecule has 3 nitrogen and oxygen atoms in total. The van der Waals surface area contributed by atoms with Gasteiger partial charge in [0.2, 0.25) is 0 Å². The molecule has 0 aliphatic carbocycles. The number of anilines is 1. The second-order valence-corrected chi connectivity index (χ2v) is 3.72. The summed E-state index contributed by atoms with van der Waals surface area (Å²) in [7, 11) is 0. The fourth-order valence-electron chi connectivity index (χ4n) is 1.28. The average Bonchev–Trinajstić information content (AvgIpc) is 2.29. The molecule has 0 saturated carbocycles. The van der Waals surface area contributed by atoms with E-state index in [0.29, 0.717) is 19.8 Å². The van der Waals surface area contributed by atoms with Gasteiger partial charge in [-0.15, -0.1) is 0 Å². The molecule has 3 N–H and O–H groups in total. The Morgan fingerprint density at radius 1 is 1.41 bits per heavy atom. The fourth-order valence-corrected chi connectivity index (χ4v) is 1.44. The normalized spacial score (nSPS) is 10.3. The predicted molar refractivity (Wildman–Crippen MR) is 67.2 cm³/mol. The van der Waals surface area contributed by atoms with Crippen molar-refractivity contribution in [1.29, 1.82) is 0 Å². The summed E-state index contributed by atoms with van der Waals surface area (Å²) in [5, 5.41) is 2.73. The first-order valence-electron chi connectivity index (χ1n) is 5.17. The van der Waals surface area contributed by atoms with E-state index in [2.05, 4.69) is 17.5 Å². The molecule has 0 aliphatic rings. The molecular weight excluding hydrogens is 246 g/mol.